The minimum absolute atomic E-state index is 0.272. The summed E-state index contributed by atoms with van der Waals surface area (Å²) >= 11 is 7.05. The second kappa shape index (κ2) is 6.05. The second-order valence-corrected chi connectivity index (χ2v) is 4.25. The number of anilines is 1. The van der Waals surface area contributed by atoms with Crippen LogP contribution in [0.3, 0.4) is 0 Å². The fourth-order valence-corrected chi connectivity index (χ4v) is 2.03. The van der Waals surface area contributed by atoms with E-state index in [4.69, 9.17) is 16.3 Å². The summed E-state index contributed by atoms with van der Waals surface area (Å²) in [6, 6.07) is 0. The highest BCUT2D eigenvalue weighted by Crippen LogP contribution is 2.27. The van der Waals surface area contributed by atoms with Crippen molar-refractivity contribution in [3.63, 3.8) is 0 Å². The molecule has 0 aliphatic carbocycles. The second-order valence-electron chi connectivity index (χ2n) is 2.89. The van der Waals surface area contributed by atoms with Crippen LogP contribution in [0, 0.1) is 0 Å². The molecule has 0 bridgehead atoms. The van der Waals surface area contributed by atoms with Crippen LogP contribution in [0.2, 0.25) is 5.15 Å². The number of rotatable bonds is 6. The first-order valence-corrected chi connectivity index (χ1v) is 5.78. The van der Waals surface area contributed by atoms with Crippen molar-refractivity contribution in [2.24, 2.45) is 0 Å². The minimum atomic E-state index is 0.272. The zero-order chi connectivity index (χ0) is 11.3. The van der Waals surface area contributed by atoms with Gasteiger partial charge in [0.2, 0.25) is 0 Å². The Morgan fingerprint density at radius 1 is 1.67 bits per heavy atom. The Balaban J connectivity index is 2.57. The van der Waals surface area contributed by atoms with Crippen molar-refractivity contribution in [2.45, 2.75) is 6.92 Å². The van der Waals surface area contributed by atoms with Crippen LogP contribution in [-0.4, -0.2) is 38.1 Å². The normalized spacial score (nSPS) is 10.3. The Morgan fingerprint density at radius 3 is 2.93 bits per heavy atom. The third-order valence-electron chi connectivity index (χ3n) is 1.81. The average Bonchev–Trinajstić information content (AvgIpc) is 2.60. The summed E-state index contributed by atoms with van der Waals surface area (Å²) in [5.41, 5.74) is 0. The van der Waals surface area contributed by atoms with Crippen LogP contribution in [-0.2, 0) is 4.74 Å². The summed E-state index contributed by atoms with van der Waals surface area (Å²) < 4.78 is 5.22. The molecule has 0 saturated carbocycles. The fraction of sp³-hybridized carbons (Fsp3) is 0.556. The zero-order valence-electron chi connectivity index (χ0n) is 8.70. The van der Waals surface area contributed by atoms with Gasteiger partial charge in [0.25, 0.3) is 0 Å². The maximum absolute atomic E-state index is 10.6. The quantitative estimate of drug-likeness (QED) is 0.571. The Morgan fingerprint density at radius 2 is 2.40 bits per heavy atom. The molecule has 0 aliphatic heterocycles. The van der Waals surface area contributed by atoms with E-state index in [1.807, 2.05) is 18.9 Å². The minimum Gasteiger partial charge on any atom is -0.380 e. The number of halogens is 1. The van der Waals surface area contributed by atoms with E-state index in [1.54, 1.807) is 0 Å². The lowest BCUT2D eigenvalue weighted by Gasteiger charge is -2.14. The van der Waals surface area contributed by atoms with E-state index in [0.717, 1.165) is 18.0 Å². The topological polar surface area (TPSA) is 42.4 Å². The van der Waals surface area contributed by atoms with Crippen molar-refractivity contribution in [2.75, 3.05) is 31.7 Å². The predicted molar refractivity (Wildman–Crippen MR) is 62.3 cm³/mol. The molecule has 1 heterocycles. The molecule has 0 fully saturated rings. The summed E-state index contributed by atoms with van der Waals surface area (Å²) in [7, 11) is 1.89. The maximum Gasteiger partial charge on any atom is 0.187 e. The van der Waals surface area contributed by atoms with Crippen molar-refractivity contribution >= 4 is 34.4 Å². The molecule has 0 unspecified atom stereocenters. The van der Waals surface area contributed by atoms with E-state index in [2.05, 4.69) is 4.98 Å². The third-order valence-corrected chi connectivity index (χ3v) is 3.30. The molecule has 15 heavy (non-hydrogen) atoms. The van der Waals surface area contributed by atoms with Crippen LogP contribution in [0.15, 0.2) is 0 Å². The molecular weight excluding hydrogens is 236 g/mol. The molecule has 0 saturated heterocycles. The van der Waals surface area contributed by atoms with Gasteiger partial charge in [0.1, 0.15) is 4.88 Å². The smallest absolute Gasteiger partial charge is 0.187 e. The molecule has 0 amide bonds. The summed E-state index contributed by atoms with van der Waals surface area (Å²) in [6.07, 6.45) is 0.722. The Bertz CT molecular complexity index is 330. The van der Waals surface area contributed by atoms with Gasteiger partial charge in [-0.1, -0.05) is 22.9 Å². The van der Waals surface area contributed by atoms with Crippen molar-refractivity contribution in [1.82, 2.24) is 4.98 Å². The Hall–Kier alpha value is -0.650. The molecule has 0 aromatic carbocycles. The zero-order valence-corrected chi connectivity index (χ0v) is 10.3. The summed E-state index contributed by atoms with van der Waals surface area (Å²) in [5.74, 6) is 0. The first-order chi connectivity index (χ1) is 7.19. The number of aromatic nitrogens is 1. The van der Waals surface area contributed by atoms with Gasteiger partial charge in [-0.25, -0.2) is 4.98 Å². The van der Waals surface area contributed by atoms with Crippen molar-refractivity contribution in [3.8, 4) is 0 Å². The number of aldehydes is 1. The molecule has 0 N–H and O–H groups in total. The number of likely N-dealkylation sites (N-methyl/N-ethyl adjacent to an activating group) is 1. The molecule has 1 rings (SSSR count). The molecule has 4 nitrogen and oxygen atoms in total. The molecule has 1 aromatic rings. The van der Waals surface area contributed by atoms with E-state index < -0.39 is 0 Å². The Kier molecular flexibility index (Phi) is 5.01. The van der Waals surface area contributed by atoms with Crippen molar-refractivity contribution in [1.29, 1.82) is 0 Å². The van der Waals surface area contributed by atoms with Crippen LogP contribution < -0.4 is 4.90 Å². The van der Waals surface area contributed by atoms with Gasteiger partial charge in [0, 0.05) is 20.2 Å². The first kappa shape index (κ1) is 12.4. The van der Waals surface area contributed by atoms with E-state index in [-0.39, 0.29) is 5.15 Å². The van der Waals surface area contributed by atoms with Crippen LogP contribution in [0.5, 0.6) is 0 Å². The van der Waals surface area contributed by atoms with E-state index in [0.29, 0.717) is 18.1 Å². The summed E-state index contributed by atoms with van der Waals surface area (Å²) in [5, 5.41) is 1.01. The standard InChI is InChI=1S/C9H13ClN2O2S/c1-3-14-5-4-12(2)9-11-8(10)7(6-13)15-9/h6H,3-5H2,1-2H3. The van der Waals surface area contributed by atoms with Crippen LogP contribution in [0.1, 0.15) is 16.6 Å². The maximum atomic E-state index is 10.6. The number of carbonyl (C=O) groups is 1. The van der Waals surface area contributed by atoms with Gasteiger partial charge < -0.3 is 9.64 Å². The van der Waals surface area contributed by atoms with Gasteiger partial charge in [0.05, 0.1) is 6.61 Å². The summed E-state index contributed by atoms with van der Waals surface area (Å²) in [4.78, 5) is 17.0. The van der Waals surface area contributed by atoms with Crippen LogP contribution in [0.25, 0.3) is 0 Å². The summed E-state index contributed by atoms with van der Waals surface area (Å²) in [6.45, 7) is 4.02. The highest BCUT2D eigenvalue weighted by atomic mass is 35.5. The van der Waals surface area contributed by atoms with Crippen molar-refractivity contribution in [3.05, 3.63) is 10.0 Å². The van der Waals surface area contributed by atoms with Crippen LogP contribution in [0.4, 0.5) is 5.13 Å². The number of ether oxygens (including phenoxy) is 1. The number of carbonyl (C=O) groups excluding carboxylic acids is 1. The molecule has 0 aliphatic rings. The van der Waals surface area contributed by atoms with Crippen LogP contribution >= 0.6 is 22.9 Å². The van der Waals surface area contributed by atoms with Gasteiger partial charge in [-0.2, -0.15) is 0 Å². The Labute approximate surface area is 97.8 Å². The molecule has 0 radical (unpaired) electrons. The predicted octanol–water partition coefficient (Wildman–Crippen LogP) is 2.08. The van der Waals surface area contributed by atoms with Crippen molar-refractivity contribution < 1.29 is 9.53 Å². The molecular formula is C9H13ClN2O2S. The molecule has 1 aromatic heterocycles. The van der Waals surface area contributed by atoms with E-state index >= 15 is 0 Å². The fourth-order valence-electron chi connectivity index (χ4n) is 0.980. The van der Waals surface area contributed by atoms with Gasteiger partial charge in [0.15, 0.2) is 16.6 Å². The molecule has 6 heteroatoms. The highest BCUT2D eigenvalue weighted by molar-refractivity contribution is 7.17. The number of thiazole rings is 1. The lowest BCUT2D eigenvalue weighted by molar-refractivity contribution is 0.112. The molecule has 0 spiro atoms. The number of hydrogen-bond donors (Lipinski definition) is 0. The SMILES string of the molecule is CCOCCN(C)c1nc(Cl)c(C=O)s1. The monoisotopic (exact) mass is 248 g/mol. The number of nitrogens with zero attached hydrogens (tertiary/aromatic N) is 2. The van der Waals surface area contributed by atoms with Gasteiger partial charge in [-0.05, 0) is 6.92 Å². The van der Waals surface area contributed by atoms with E-state index in [1.165, 1.54) is 11.3 Å². The third kappa shape index (κ3) is 3.44. The first-order valence-electron chi connectivity index (χ1n) is 4.59. The highest BCUT2D eigenvalue weighted by Gasteiger charge is 2.11. The lowest BCUT2D eigenvalue weighted by Crippen LogP contribution is -2.22. The van der Waals surface area contributed by atoms with E-state index in [9.17, 15) is 4.79 Å². The average molecular weight is 249 g/mol. The molecule has 84 valence electrons. The van der Waals surface area contributed by atoms with Gasteiger partial charge >= 0.3 is 0 Å². The largest absolute Gasteiger partial charge is 0.380 e. The van der Waals surface area contributed by atoms with Gasteiger partial charge in [-0.15, -0.1) is 0 Å². The molecule has 0 atom stereocenters. The number of hydrogen-bond acceptors (Lipinski definition) is 5. The lowest BCUT2D eigenvalue weighted by atomic mass is 10.6. The van der Waals surface area contributed by atoms with Gasteiger partial charge in [-0.3, -0.25) is 4.79 Å².